The van der Waals surface area contributed by atoms with Crippen molar-refractivity contribution in [1.82, 2.24) is 5.32 Å². The van der Waals surface area contributed by atoms with Crippen LogP contribution >= 0.6 is 11.6 Å². The van der Waals surface area contributed by atoms with E-state index < -0.39 is 0 Å². The molecule has 0 unspecified atom stereocenters. The molecule has 0 aliphatic carbocycles. The Morgan fingerprint density at radius 1 is 1.00 bits per heavy atom. The number of halogens is 1. The number of rotatable bonds is 7. The number of para-hydroxylation sites is 1. The molecule has 4 heteroatoms. The standard InChI is InChI=1S/C21H27ClN2O/c1-21(2,3)18-6-4-5-7-19(18)23-15-13-20(25)24-14-12-16-8-10-17(22)11-9-16/h4-11,23H,12-15H2,1-3H3,(H,24,25). The lowest BCUT2D eigenvalue weighted by Crippen LogP contribution is -2.27. The third-order valence-electron chi connectivity index (χ3n) is 4.05. The molecule has 0 fully saturated rings. The van der Waals surface area contributed by atoms with Crippen molar-refractivity contribution in [2.75, 3.05) is 18.4 Å². The highest BCUT2D eigenvalue weighted by Gasteiger charge is 2.17. The minimum absolute atomic E-state index is 0.0645. The molecule has 2 aromatic rings. The van der Waals surface area contributed by atoms with Crippen LogP contribution in [0.3, 0.4) is 0 Å². The molecule has 1 amide bonds. The lowest BCUT2D eigenvalue weighted by Gasteiger charge is -2.23. The van der Waals surface area contributed by atoms with Gasteiger partial charge in [0.15, 0.2) is 0 Å². The van der Waals surface area contributed by atoms with Crippen molar-refractivity contribution in [3.8, 4) is 0 Å². The summed E-state index contributed by atoms with van der Waals surface area (Å²) in [5, 5.41) is 7.09. The van der Waals surface area contributed by atoms with Crippen LogP contribution in [-0.2, 0) is 16.6 Å². The van der Waals surface area contributed by atoms with E-state index in [2.05, 4.69) is 49.6 Å². The lowest BCUT2D eigenvalue weighted by molar-refractivity contribution is -0.120. The zero-order valence-corrected chi connectivity index (χ0v) is 16.0. The molecule has 0 heterocycles. The van der Waals surface area contributed by atoms with Gasteiger partial charge in [0, 0.05) is 30.2 Å². The number of benzene rings is 2. The summed E-state index contributed by atoms with van der Waals surface area (Å²) < 4.78 is 0. The number of anilines is 1. The highest BCUT2D eigenvalue weighted by molar-refractivity contribution is 6.30. The first kappa shape index (κ1) is 19.3. The van der Waals surface area contributed by atoms with E-state index >= 15 is 0 Å². The Bertz CT molecular complexity index is 690. The molecule has 0 aliphatic heterocycles. The van der Waals surface area contributed by atoms with Gasteiger partial charge in [-0.25, -0.2) is 0 Å². The SMILES string of the molecule is CC(C)(C)c1ccccc1NCCC(=O)NCCc1ccc(Cl)cc1. The molecule has 25 heavy (non-hydrogen) atoms. The van der Waals surface area contributed by atoms with Crippen LogP contribution in [0.15, 0.2) is 48.5 Å². The van der Waals surface area contributed by atoms with Gasteiger partial charge in [0.25, 0.3) is 0 Å². The van der Waals surface area contributed by atoms with Gasteiger partial charge in [-0.3, -0.25) is 4.79 Å². The minimum Gasteiger partial charge on any atom is -0.384 e. The van der Waals surface area contributed by atoms with E-state index in [4.69, 9.17) is 11.6 Å². The second kappa shape index (κ2) is 8.91. The van der Waals surface area contributed by atoms with Gasteiger partial charge in [0.1, 0.15) is 0 Å². The van der Waals surface area contributed by atoms with Crippen LogP contribution in [0.1, 0.15) is 38.3 Å². The Balaban J connectivity index is 1.73. The van der Waals surface area contributed by atoms with Crippen molar-refractivity contribution in [2.45, 2.75) is 39.0 Å². The van der Waals surface area contributed by atoms with Gasteiger partial charge in [-0.15, -0.1) is 0 Å². The normalized spacial score (nSPS) is 11.2. The quantitative estimate of drug-likeness (QED) is 0.746. The number of carbonyl (C=O) groups is 1. The van der Waals surface area contributed by atoms with E-state index in [0.717, 1.165) is 17.1 Å². The maximum absolute atomic E-state index is 12.0. The molecule has 0 radical (unpaired) electrons. The predicted molar refractivity (Wildman–Crippen MR) is 106 cm³/mol. The molecule has 0 saturated heterocycles. The lowest BCUT2D eigenvalue weighted by atomic mass is 9.86. The number of carbonyl (C=O) groups excluding carboxylic acids is 1. The van der Waals surface area contributed by atoms with Crippen molar-refractivity contribution in [1.29, 1.82) is 0 Å². The summed E-state index contributed by atoms with van der Waals surface area (Å²) in [4.78, 5) is 12.0. The molecule has 3 nitrogen and oxygen atoms in total. The summed E-state index contributed by atoms with van der Waals surface area (Å²) in [6.45, 7) is 7.84. The Labute approximate surface area is 155 Å². The molecule has 0 bridgehead atoms. The van der Waals surface area contributed by atoms with E-state index in [1.807, 2.05) is 30.3 Å². The highest BCUT2D eigenvalue weighted by atomic mass is 35.5. The molecule has 0 aromatic heterocycles. The van der Waals surface area contributed by atoms with E-state index in [9.17, 15) is 4.79 Å². The molecule has 0 spiro atoms. The largest absolute Gasteiger partial charge is 0.384 e. The molecule has 2 N–H and O–H groups in total. The molecule has 2 aromatic carbocycles. The van der Waals surface area contributed by atoms with Crippen LogP contribution in [0.5, 0.6) is 0 Å². The molecule has 0 aliphatic rings. The van der Waals surface area contributed by atoms with E-state index in [1.165, 1.54) is 11.1 Å². The highest BCUT2D eigenvalue weighted by Crippen LogP contribution is 2.29. The van der Waals surface area contributed by atoms with Crippen molar-refractivity contribution in [3.63, 3.8) is 0 Å². The van der Waals surface area contributed by atoms with Crippen LogP contribution in [0.2, 0.25) is 5.02 Å². The van der Waals surface area contributed by atoms with Gasteiger partial charge >= 0.3 is 0 Å². The average Bonchev–Trinajstić information content (AvgIpc) is 2.56. The average molecular weight is 359 g/mol. The summed E-state index contributed by atoms with van der Waals surface area (Å²) in [7, 11) is 0. The molecule has 0 atom stereocenters. The van der Waals surface area contributed by atoms with Crippen molar-refractivity contribution >= 4 is 23.2 Å². The summed E-state index contributed by atoms with van der Waals surface area (Å²) in [5.74, 6) is 0.0645. The first-order valence-electron chi connectivity index (χ1n) is 8.71. The van der Waals surface area contributed by atoms with Crippen LogP contribution in [-0.4, -0.2) is 19.0 Å². The fourth-order valence-corrected chi connectivity index (χ4v) is 2.81. The molecule has 2 rings (SSSR count). The fourth-order valence-electron chi connectivity index (χ4n) is 2.69. The van der Waals surface area contributed by atoms with Crippen molar-refractivity contribution in [3.05, 3.63) is 64.7 Å². The molecule has 134 valence electrons. The van der Waals surface area contributed by atoms with Gasteiger partial charge in [-0.05, 0) is 41.2 Å². The third kappa shape index (κ3) is 6.43. The summed E-state index contributed by atoms with van der Waals surface area (Å²) in [6.07, 6.45) is 1.27. The zero-order valence-electron chi connectivity index (χ0n) is 15.2. The number of amides is 1. The first-order valence-corrected chi connectivity index (χ1v) is 9.08. The monoisotopic (exact) mass is 358 g/mol. The molecular formula is C21H27ClN2O. The maximum Gasteiger partial charge on any atom is 0.221 e. The number of nitrogens with one attached hydrogen (secondary N) is 2. The van der Waals surface area contributed by atoms with E-state index in [1.54, 1.807) is 0 Å². The predicted octanol–water partition coefficient (Wildman–Crippen LogP) is 4.80. The Morgan fingerprint density at radius 3 is 2.36 bits per heavy atom. The number of hydrogen-bond acceptors (Lipinski definition) is 2. The third-order valence-corrected chi connectivity index (χ3v) is 4.30. The smallest absolute Gasteiger partial charge is 0.221 e. The second-order valence-electron chi connectivity index (χ2n) is 7.20. The van der Waals surface area contributed by atoms with Gasteiger partial charge in [-0.2, -0.15) is 0 Å². The fraction of sp³-hybridized carbons (Fsp3) is 0.381. The van der Waals surface area contributed by atoms with Gasteiger partial charge in [0.05, 0.1) is 0 Å². The summed E-state index contributed by atoms with van der Waals surface area (Å²) in [6, 6.07) is 16.0. The minimum atomic E-state index is 0.0645. The molecular weight excluding hydrogens is 332 g/mol. The van der Waals surface area contributed by atoms with Gasteiger partial charge in [0.2, 0.25) is 5.91 Å². The molecule has 0 saturated carbocycles. The van der Waals surface area contributed by atoms with Gasteiger partial charge < -0.3 is 10.6 Å². The van der Waals surface area contributed by atoms with Gasteiger partial charge in [-0.1, -0.05) is 62.7 Å². The first-order chi connectivity index (χ1) is 11.9. The van der Waals surface area contributed by atoms with Crippen molar-refractivity contribution < 1.29 is 4.79 Å². The van der Waals surface area contributed by atoms with Crippen molar-refractivity contribution in [2.24, 2.45) is 0 Å². The van der Waals surface area contributed by atoms with Crippen LogP contribution in [0.25, 0.3) is 0 Å². The van der Waals surface area contributed by atoms with Crippen LogP contribution in [0, 0.1) is 0 Å². The Morgan fingerprint density at radius 2 is 1.68 bits per heavy atom. The van der Waals surface area contributed by atoms with E-state index in [0.29, 0.717) is 19.5 Å². The summed E-state index contributed by atoms with van der Waals surface area (Å²) in [5.41, 5.74) is 3.61. The van der Waals surface area contributed by atoms with Crippen LogP contribution < -0.4 is 10.6 Å². The Kier molecular flexibility index (Phi) is 6.89. The summed E-state index contributed by atoms with van der Waals surface area (Å²) >= 11 is 5.87. The topological polar surface area (TPSA) is 41.1 Å². The number of hydrogen-bond donors (Lipinski definition) is 2. The maximum atomic E-state index is 12.0. The van der Waals surface area contributed by atoms with E-state index in [-0.39, 0.29) is 11.3 Å². The van der Waals surface area contributed by atoms with Crippen LogP contribution in [0.4, 0.5) is 5.69 Å². The second-order valence-corrected chi connectivity index (χ2v) is 7.64. The Hall–Kier alpha value is -2.00. The zero-order chi connectivity index (χ0) is 18.3.